The van der Waals surface area contributed by atoms with E-state index in [0.717, 1.165) is 11.4 Å². The Morgan fingerprint density at radius 1 is 1.06 bits per heavy atom. The highest BCUT2D eigenvalue weighted by atomic mass is 35.5. The lowest BCUT2D eigenvalue weighted by Gasteiger charge is -2.03. The van der Waals surface area contributed by atoms with E-state index in [1.54, 1.807) is 12.1 Å². The van der Waals surface area contributed by atoms with Crippen molar-refractivity contribution >= 4 is 29.1 Å². The number of rotatable bonds is 2. The lowest BCUT2D eigenvalue weighted by Crippen LogP contribution is -1.94. The largest absolute Gasteiger partial charge is 0.399 e. The number of pyridine rings is 1. The molecule has 0 aliphatic rings. The molecule has 2 aromatic rings. The summed E-state index contributed by atoms with van der Waals surface area (Å²) in [6.45, 7) is 3.86. The third-order valence-electron chi connectivity index (χ3n) is 1.95. The number of aryl methyl sites for hydroxylation is 2. The van der Waals surface area contributed by atoms with Crippen LogP contribution in [0.2, 0.25) is 5.15 Å². The first-order chi connectivity index (χ1) is 8.02. The number of nitrogen functional groups attached to an aromatic ring is 1. The highest BCUT2D eigenvalue weighted by molar-refractivity contribution is 7.99. The molecule has 2 aromatic heterocycles. The van der Waals surface area contributed by atoms with E-state index in [-0.39, 0.29) is 0 Å². The van der Waals surface area contributed by atoms with E-state index in [0.29, 0.717) is 21.0 Å². The zero-order valence-corrected chi connectivity index (χ0v) is 11.0. The minimum Gasteiger partial charge on any atom is -0.399 e. The molecule has 2 heterocycles. The molecule has 0 aromatic carbocycles. The molecule has 0 aliphatic carbocycles. The quantitative estimate of drug-likeness (QED) is 0.669. The van der Waals surface area contributed by atoms with Gasteiger partial charge in [-0.2, -0.15) is 0 Å². The minimum absolute atomic E-state index is 0.372. The lowest BCUT2D eigenvalue weighted by atomic mass is 10.4. The fraction of sp³-hybridized carbons (Fsp3) is 0.182. The Morgan fingerprint density at radius 2 is 1.71 bits per heavy atom. The normalized spacial score (nSPS) is 10.5. The van der Waals surface area contributed by atoms with E-state index in [1.165, 1.54) is 11.8 Å². The van der Waals surface area contributed by atoms with Gasteiger partial charge in [0, 0.05) is 17.1 Å². The van der Waals surface area contributed by atoms with Crippen LogP contribution < -0.4 is 5.73 Å². The van der Waals surface area contributed by atoms with Gasteiger partial charge in [0.15, 0.2) is 5.16 Å². The van der Waals surface area contributed by atoms with E-state index in [2.05, 4.69) is 15.0 Å². The average molecular weight is 267 g/mol. The molecule has 0 saturated carbocycles. The van der Waals surface area contributed by atoms with E-state index in [4.69, 9.17) is 17.3 Å². The molecule has 0 atom stereocenters. The standard InChI is InChI=1S/C11H11ClN4S/c1-6-3-7(2)15-11(14-6)17-10-5-8(13)4-9(12)16-10/h3-5H,1-2H3,(H2,13,16). The van der Waals surface area contributed by atoms with Gasteiger partial charge in [0.2, 0.25) is 0 Å². The first-order valence-corrected chi connectivity index (χ1v) is 6.15. The van der Waals surface area contributed by atoms with Crippen LogP contribution >= 0.6 is 23.4 Å². The van der Waals surface area contributed by atoms with Gasteiger partial charge in [0.25, 0.3) is 0 Å². The van der Waals surface area contributed by atoms with Crippen LogP contribution in [0.3, 0.4) is 0 Å². The van der Waals surface area contributed by atoms with Gasteiger partial charge in [-0.05, 0) is 43.8 Å². The maximum Gasteiger partial charge on any atom is 0.194 e. The van der Waals surface area contributed by atoms with Crippen molar-refractivity contribution in [2.45, 2.75) is 24.0 Å². The fourth-order valence-electron chi connectivity index (χ4n) is 1.38. The Balaban J connectivity index is 2.31. The van der Waals surface area contributed by atoms with Gasteiger partial charge in [0.05, 0.1) is 0 Å². The van der Waals surface area contributed by atoms with Crippen LogP contribution in [0.25, 0.3) is 0 Å². The highest BCUT2D eigenvalue weighted by Gasteiger charge is 2.05. The SMILES string of the molecule is Cc1cc(C)nc(Sc2cc(N)cc(Cl)n2)n1. The minimum atomic E-state index is 0.372. The van der Waals surface area contributed by atoms with Crippen molar-refractivity contribution in [3.8, 4) is 0 Å². The summed E-state index contributed by atoms with van der Waals surface area (Å²) in [5.74, 6) is 0. The van der Waals surface area contributed by atoms with Gasteiger partial charge in [-0.1, -0.05) is 11.6 Å². The van der Waals surface area contributed by atoms with Gasteiger partial charge in [0.1, 0.15) is 10.2 Å². The summed E-state index contributed by atoms with van der Waals surface area (Å²) in [5, 5.41) is 1.72. The van der Waals surface area contributed by atoms with E-state index in [9.17, 15) is 0 Å². The second-order valence-electron chi connectivity index (χ2n) is 3.60. The molecule has 0 spiro atoms. The van der Waals surface area contributed by atoms with Gasteiger partial charge in [-0.15, -0.1) is 0 Å². The third kappa shape index (κ3) is 3.31. The van der Waals surface area contributed by atoms with Crippen LogP contribution in [0.5, 0.6) is 0 Å². The molecule has 0 amide bonds. The van der Waals surface area contributed by atoms with E-state index in [1.807, 2.05) is 19.9 Å². The molecular formula is C11H11ClN4S. The van der Waals surface area contributed by atoms with Crippen LogP contribution in [-0.4, -0.2) is 15.0 Å². The van der Waals surface area contributed by atoms with Gasteiger partial charge >= 0.3 is 0 Å². The molecule has 0 bridgehead atoms. The second-order valence-corrected chi connectivity index (χ2v) is 4.97. The van der Waals surface area contributed by atoms with Crippen molar-refractivity contribution in [3.05, 3.63) is 34.7 Å². The molecule has 4 nitrogen and oxygen atoms in total. The molecule has 88 valence electrons. The Hall–Kier alpha value is -1.33. The van der Waals surface area contributed by atoms with Crippen molar-refractivity contribution in [2.24, 2.45) is 0 Å². The topological polar surface area (TPSA) is 64.7 Å². The summed E-state index contributed by atoms with van der Waals surface area (Å²) in [6.07, 6.45) is 0. The number of aromatic nitrogens is 3. The summed E-state index contributed by atoms with van der Waals surface area (Å²) in [4.78, 5) is 12.8. The third-order valence-corrected chi connectivity index (χ3v) is 2.93. The van der Waals surface area contributed by atoms with Crippen molar-refractivity contribution < 1.29 is 0 Å². The summed E-state index contributed by atoms with van der Waals surface area (Å²) in [6, 6.07) is 5.27. The van der Waals surface area contributed by atoms with Gasteiger partial charge in [-0.25, -0.2) is 15.0 Å². The number of nitrogens with two attached hydrogens (primary N) is 1. The molecule has 0 unspecified atom stereocenters. The van der Waals surface area contributed by atoms with Crippen molar-refractivity contribution in [2.75, 3.05) is 5.73 Å². The number of anilines is 1. The Labute approximate surface area is 109 Å². The second kappa shape index (κ2) is 4.89. The molecule has 17 heavy (non-hydrogen) atoms. The van der Waals surface area contributed by atoms with Crippen molar-refractivity contribution in [1.29, 1.82) is 0 Å². The molecule has 0 radical (unpaired) electrons. The van der Waals surface area contributed by atoms with Crippen molar-refractivity contribution in [1.82, 2.24) is 15.0 Å². The first kappa shape index (κ1) is 12.1. The highest BCUT2D eigenvalue weighted by Crippen LogP contribution is 2.26. The van der Waals surface area contributed by atoms with Crippen LogP contribution in [0.15, 0.2) is 28.4 Å². The van der Waals surface area contributed by atoms with Crippen molar-refractivity contribution in [3.63, 3.8) is 0 Å². The molecule has 6 heteroatoms. The number of hydrogen-bond donors (Lipinski definition) is 1. The summed E-state index contributed by atoms with van der Waals surface area (Å²) < 4.78 is 0. The Bertz CT molecular complexity index is 469. The van der Waals surface area contributed by atoms with Crippen LogP contribution in [0.4, 0.5) is 5.69 Å². The Kier molecular flexibility index (Phi) is 3.49. The van der Waals surface area contributed by atoms with E-state index < -0.39 is 0 Å². The number of hydrogen-bond acceptors (Lipinski definition) is 5. The van der Waals surface area contributed by atoms with Gasteiger partial charge < -0.3 is 5.73 Å². The molecule has 2 rings (SSSR count). The summed E-state index contributed by atoms with van der Waals surface area (Å²) >= 11 is 7.18. The molecule has 0 saturated heterocycles. The maximum absolute atomic E-state index is 5.83. The summed E-state index contributed by atoms with van der Waals surface area (Å²) in [5.41, 5.74) is 8.13. The van der Waals surface area contributed by atoms with Crippen LogP contribution in [0.1, 0.15) is 11.4 Å². The summed E-state index contributed by atoms with van der Waals surface area (Å²) in [7, 11) is 0. The molecule has 0 aliphatic heterocycles. The predicted octanol–water partition coefficient (Wildman–Crippen LogP) is 2.88. The smallest absolute Gasteiger partial charge is 0.194 e. The predicted molar refractivity (Wildman–Crippen MR) is 69.3 cm³/mol. The number of halogens is 1. The fourth-order valence-corrected chi connectivity index (χ4v) is 2.55. The van der Waals surface area contributed by atoms with Crippen LogP contribution in [-0.2, 0) is 0 Å². The molecule has 2 N–H and O–H groups in total. The number of nitrogens with zero attached hydrogens (tertiary/aromatic N) is 3. The van der Waals surface area contributed by atoms with E-state index >= 15 is 0 Å². The van der Waals surface area contributed by atoms with Crippen LogP contribution in [0, 0.1) is 13.8 Å². The lowest BCUT2D eigenvalue weighted by molar-refractivity contribution is 0.899. The average Bonchev–Trinajstić information content (AvgIpc) is 2.13. The Morgan fingerprint density at radius 3 is 2.29 bits per heavy atom. The monoisotopic (exact) mass is 266 g/mol. The maximum atomic E-state index is 5.83. The zero-order chi connectivity index (χ0) is 12.4. The van der Waals surface area contributed by atoms with Gasteiger partial charge in [-0.3, -0.25) is 0 Å². The molecule has 0 fully saturated rings. The molecular weight excluding hydrogens is 256 g/mol. The first-order valence-electron chi connectivity index (χ1n) is 4.96. The zero-order valence-electron chi connectivity index (χ0n) is 9.44.